The van der Waals surface area contributed by atoms with Crippen LogP contribution in [0.3, 0.4) is 0 Å². The molecule has 2 fully saturated rings. The zero-order valence-electron chi connectivity index (χ0n) is 18.9. The molecule has 1 aromatic heterocycles. The van der Waals surface area contributed by atoms with Crippen LogP contribution in [-0.4, -0.2) is 52.3 Å². The highest BCUT2D eigenvalue weighted by Gasteiger charge is 2.37. The Kier molecular flexibility index (Phi) is 5.50. The molecule has 0 radical (unpaired) electrons. The average molecular weight is 430 g/mol. The third-order valence-corrected chi connectivity index (χ3v) is 6.88. The van der Waals surface area contributed by atoms with Gasteiger partial charge in [-0.3, -0.25) is 9.59 Å². The van der Waals surface area contributed by atoms with E-state index in [1.54, 1.807) is 0 Å². The van der Waals surface area contributed by atoms with Gasteiger partial charge in [0.05, 0.1) is 0 Å². The van der Waals surface area contributed by atoms with Crippen molar-refractivity contribution < 1.29 is 9.59 Å². The van der Waals surface area contributed by atoms with Crippen LogP contribution in [0.25, 0.3) is 22.0 Å². The highest BCUT2D eigenvalue weighted by Crippen LogP contribution is 2.33. The number of benzene rings is 2. The van der Waals surface area contributed by atoms with Gasteiger partial charge in [0.15, 0.2) is 0 Å². The van der Waals surface area contributed by atoms with Crippen molar-refractivity contribution in [2.45, 2.75) is 39.2 Å². The molecular weight excluding hydrogens is 398 g/mol. The molecule has 2 aliphatic rings. The minimum Gasteiger partial charge on any atom is -0.361 e. The number of H-pyrrole nitrogens is 1. The summed E-state index contributed by atoms with van der Waals surface area (Å²) >= 11 is 0. The number of likely N-dealkylation sites (tertiary alicyclic amines) is 1. The first-order chi connectivity index (χ1) is 15.5. The van der Waals surface area contributed by atoms with Crippen LogP contribution in [0.5, 0.6) is 0 Å². The molecule has 5 heteroatoms. The topological polar surface area (TPSA) is 56.4 Å². The molecule has 5 nitrogen and oxygen atoms in total. The fraction of sp³-hybridized carbons (Fsp3) is 0.407. The maximum atomic E-state index is 13.3. The van der Waals surface area contributed by atoms with Crippen molar-refractivity contribution in [2.24, 2.45) is 11.8 Å². The number of aromatic amines is 1. The predicted molar refractivity (Wildman–Crippen MR) is 127 cm³/mol. The van der Waals surface area contributed by atoms with Gasteiger partial charge >= 0.3 is 0 Å². The quantitative estimate of drug-likeness (QED) is 0.603. The van der Waals surface area contributed by atoms with Gasteiger partial charge in [0.2, 0.25) is 5.91 Å². The Morgan fingerprint density at radius 1 is 1.03 bits per heavy atom. The highest BCUT2D eigenvalue weighted by atomic mass is 16.2. The summed E-state index contributed by atoms with van der Waals surface area (Å²) in [7, 11) is 0. The van der Waals surface area contributed by atoms with Gasteiger partial charge in [-0.05, 0) is 79.8 Å². The fourth-order valence-corrected chi connectivity index (χ4v) is 4.78. The molecule has 0 unspecified atom stereocenters. The van der Waals surface area contributed by atoms with Crippen molar-refractivity contribution in [2.75, 3.05) is 19.6 Å². The van der Waals surface area contributed by atoms with Crippen LogP contribution in [0, 0.1) is 11.8 Å². The lowest BCUT2D eigenvalue weighted by atomic mass is 10.0. The summed E-state index contributed by atoms with van der Waals surface area (Å²) in [5, 5.41) is 1.19. The minimum atomic E-state index is 0.0679. The lowest BCUT2D eigenvalue weighted by molar-refractivity contribution is -0.131. The van der Waals surface area contributed by atoms with Gasteiger partial charge in [-0.25, -0.2) is 0 Å². The van der Waals surface area contributed by atoms with E-state index in [0.717, 1.165) is 49.0 Å². The van der Waals surface area contributed by atoms with Crippen LogP contribution in [0.15, 0.2) is 54.7 Å². The van der Waals surface area contributed by atoms with Crippen molar-refractivity contribution >= 4 is 22.7 Å². The first-order valence-electron chi connectivity index (χ1n) is 11.8. The van der Waals surface area contributed by atoms with Gasteiger partial charge in [0, 0.05) is 48.9 Å². The molecule has 1 aliphatic heterocycles. The van der Waals surface area contributed by atoms with Crippen molar-refractivity contribution in [1.29, 1.82) is 0 Å². The largest absolute Gasteiger partial charge is 0.361 e. The van der Waals surface area contributed by atoms with E-state index >= 15 is 0 Å². The Bertz CT molecular complexity index is 1130. The first kappa shape index (κ1) is 20.8. The van der Waals surface area contributed by atoms with E-state index < -0.39 is 0 Å². The zero-order chi connectivity index (χ0) is 22.2. The molecule has 2 heterocycles. The third kappa shape index (κ3) is 4.16. The van der Waals surface area contributed by atoms with Crippen molar-refractivity contribution in [1.82, 2.24) is 14.8 Å². The average Bonchev–Trinajstić information content (AvgIpc) is 3.36. The summed E-state index contributed by atoms with van der Waals surface area (Å²) in [4.78, 5) is 33.0. The number of hydrogen-bond acceptors (Lipinski definition) is 2. The van der Waals surface area contributed by atoms with Crippen molar-refractivity contribution in [3.63, 3.8) is 0 Å². The smallest absolute Gasteiger partial charge is 0.254 e. The molecular formula is C27H31N3O2. The molecule has 5 rings (SSSR count). The van der Waals surface area contributed by atoms with E-state index in [1.165, 1.54) is 5.39 Å². The van der Waals surface area contributed by atoms with E-state index in [1.807, 2.05) is 40.3 Å². The molecule has 2 aromatic carbocycles. The summed E-state index contributed by atoms with van der Waals surface area (Å²) in [5.41, 5.74) is 4.05. The number of amides is 2. The normalized spacial score (nSPS) is 18.5. The number of aromatic nitrogens is 1. The van der Waals surface area contributed by atoms with Crippen LogP contribution in [-0.2, 0) is 4.79 Å². The summed E-state index contributed by atoms with van der Waals surface area (Å²) in [6.45, 7) is 6.46. The monoisotopic (exact) mass is 429 g/mol. The number of rotatable bonds is 6. The second-order valence-corrected chi connectivity index (χ2v) is 9.62. The van der Waals surface area contributed by atoms with Gasteiger partial charge in [0.25, 0.3) is 5.91 Å². The van der Waals surface area contributed by atoms with Crippen LogP contribution < -0.4 is 0 Å². The number of fused-ring (bicyclic) bond motifs is 1. The van der Waals surface area contributed by atoms with E-state index in [0.29, 0.717) is 23.9 Å². The van der Waals surface area contributed by atoms with Gasteiger partial charge in [0.1, 0.15) is 0 Å². The molecule has 1 atom stereocenters. The Morgan fingerprint density at radius 2 is 1.78 bits per heavy atom. The SMILES string of the molecule is CC(C)N(C[C@@H]1CCN(C(=O)C2CC2)C1)C(=O)c1ccc(-c2ccc3cc[nH]c3c2)cc1. The Balaban J connectivity index is 1.27. The second kappa shape index (κ2) is 8.45. The molecule has 1 saturated heterocycles. The minimum absolute atomic E-state index is 0.0679. The standard InChI is InChI=1S/C27H31N3O2/c1-18(2)30(17-19-12-14-29(16-19)26(31)22-8-9-22)27(32)23-6-3-20(4-7-23)24-10-5-21-11-13-28-25(21)15-24/h3-7,10-11,13,15,18-19,22,28H,8-9,12,14,16-17H2,1-2H3/t19-/m1/s1. The number of nitrogens with one attached hydrogen (secondary N) is 1. The van der Waals surface area contributed by atoms with Gasteiger partial charge < -0.3 is 14.8 Å². The maximum Gasteiger partial charge on any atom is 0.254 e. The molecule has 0 spiro atoms. The summed E-state index contributed by atoms with van der Waals surface area (Å²) in [5.74, 6) is 1.02. The maximum absolute atomic E-state index is 13.3. The van der Waals surface area contributed by atoms with Gasteiger partial charge in [-0.2, -0.15) is 0 Å². The Labute approximate surface area is 189 Å². The molecule has 1 aliphatic carbocycles. The van der Waals surface area contributed by atoms with E-state index in [4.69, 9.17) is 0 Å². The number of hydrogen-bond donors (Lipinski definition) is 1. The van der Waals surface area contributed by atoms with Crippen LogP contribution in [0.2, 0.25) is 0 Å². The van der Waals surface area contributed by atoms with Gasteiger partial charge in [-0.1, -0.05) is 24.3 Å². The molecule has 32 heavy (non-hydrogen) atoms. The molecule has 2 amide bonds. The molecule has 1 saturated carbocycles. The number of carbonyl (C=O) groups is 2. The van der Waals surface area contributed by atoms with Crippen molar-refractivity contribution in [3.8, 4) is 11.1 Å². The van der Waals surface area contributed by atoms with E-state index in [-0.39, 0.29) is 17.9 Å². The lowest BCUT2D eigenvalue weighted by Gasteiger charge is -2.30. The third-order valence-electron chi connectivity index (χ3n) is 6.88. The summed E-state index contributed by atoms with van der Waals surface area (Å²) in [6, 6.07) is 16.5. The lowest BCUT2D eigenvalue weighted by Crippen LogP contribution is -2.41. The Hall–Kier alpha value is -3.08. The molecule has 3 aromatic rings. The van der Waals surface area contributed by atoms with Gasteiger partial charge in [-0.15, -0.1) is 0 Å². The molecule has 1 N–H and O–H groups in total. The predicted octanol–water partition coefficient (Wildman–Crippen LogP) is 4.94. The number of carbonyl (C=O) groups excluding carboxylic acids is 2. The fourth-order valence-electron chi connectivity index (χ4n) is 4.78. The summed E-state index contributed by atoms with van der Waals surface area (Å²) < 4.78 is 0. The zero-order valence-corrected chi connectivity index (χ0v) is 18.9. The van der Waals surface area contributed by atoms with E-state index in [9.17, 15) is 9.59 Å². The van der Waals surface area contributed by atoms with Crippen molar-refractivity contribution in [3.05, 3.63) is 60.3 Å². The van der Waals surface area contributed by atoms with Crippen LogP contribution in [0.1, 0.15) is 43.5 Å². The second-order valence-electron chi connectivity index (χ2n) is 9.62. The Morgan fingerprint density at radius 3 is 2.50 bits per heavy atom. The summed E-state index contributed by atoms with van der Waals surface area (Å²) in [6.07, 6.45) is 5.02. The highest BCUT2D eigenvalue weighted by molar-refractivity contribution is 5.95. The van der Waals surface area contributed by atoms with Crippen LogP contribution >= 0.6 is 0 Å². The first-order valence-corrected chi connectivity index (χ1v) is 11.8. The van der Waals surface area contributed by atoms with Crippen LogP contribution in [0.4, 0.5) is 0 Å². The molecule has 166 valence electrons. The van der Waals surface area contributed by atoms with E-state index in [2.05, 4.69) is 43.1 Å². The number of nitrogens with zero attached hydrogens (tertiary/aromatic N) is 2. The molecule has 0 bridgehead atoms.